The van der Waals surface area contributed by atoms with Gasteiger partial charge in [0.15, 0.2) is 6.61 Å². The van der Waals surface area contributed by atoms with Crippen LogP contribution in [0.4, 0.5) is 5.69 Å². The van der Waals surface area contributed by atoms with Gasteiger partial charge in [0, 0.05) is 16.6 Å². The Hall–Kier alpha value is -2.41. The SMILES string of the molecule is Cc1nc(-c2cccc(NC(=O)COC(=O)c3c(Cl)cccc3Cl)c2)cs1. The average molecular weight is 421 g/mol. The van der Waals surface area contributed by atoms with E-state index in [2.05, 4.69) is 10.3 Å². The lowest BCUT2D eigenvalue weighted by molar-refractivity contribution is -0.119. The van der Waals surface area contributed by atoms with Crippen LogP contribution in [-0.4, -0.2) is 23.5 Å². The van der Waals surface area contributed by atoms with Crippen molar-refractivity contribution in [2.75, 3.05) is 11.9 Å². The Morgan fingerprint density at radius 1 is 1.15 bits per heavy atom. The first-order valence-electron chi connectivity index (χ1n) is 7.87. The first-order valence-corrected chi connectivity index (χ1v) is 9.51. The van der Waals surface area contributed by atoms with Gasteiger partial charge in [-0.15, -0.1) is 11.3 Å². The second kappa shape index (κ2) is 8.52. The molecular weight excluding hydrogens is 407 g/mol. The second-order valence-electron chi connectivity index (χ2n) is 5.55. The smallest absolute Gasteiger partial charge is 0.341 e. The minimum atomic E-state index is -0.757. The maximum atomic E-state index is 12.1. The van der Waals surface area contributed by atoms with Gasteiger partial charge in [0.1, 0.15) is 0 Å². The van der Waals surface area contributed by atoms with Crippen molar-refractivity contribution in [1.29, 1.82) is 0 Å². The fraction of sp³-hybridized carbons (Fsp3) is 0.105. The zero-order valence-corrected chi connectivity index (χ0v) is 16.5. The van der Waals surface area contributed by atoms with Crippen LogP contribution in [0.3, 0.4) is 0 Å². The minimum absolute atomic E-state index is 0.0366. The van der Waals surface area contributed by atoms with Gasteiger partial charge < -0.3 is 10.1 Å². The van der Waals surface area contributed by atoms with Crippen molar-refractivity contribution in [2.45, 2.75) is 6.92 Å². The molecule has 0 aliphatic heterocycles. The summed E-state index contributed by atoms with van der Waals surface area (Å²) in [4.78, 5) is 28.6. The maximum absolute atomic E-state index is 12.1. The predicted octanol–water partition coefficient (Wildman–Crippen LogP) is 5.22. The third-order valence-corrected chi connectivity index (χ3v) is 4.97. The number of carbonyl (C=O) groups excluding carboxylic acids is 2. The molecule has 1 aromatic heterocycles. The molecule has 1 amide bonds. The molecular formula is C19H14Cl2N2O3S. The fourth-order valence-electron chi connectivity index (χ4n) is 2.35. The Morgan fingerprint density at radius 2 is 1.85 bits per heavy atom. The number of thiazole rings is 1. The van der Waals surface area contributed by atoms with Crippen LogP contribution in [0.15, 0.2) is 47.8 Å². The number of esters is 1. The lowest BCUT2D eigenvalue weighted by Gasteiger charge is -2.09. The van der Waals surface area contributed by atoms with Gasteiger partial charge >= 0.3 is 5.97 Å². The third kappa shape index (κ3) is 4.86. The number of aryl methyl sites for hydroxylation is 1. The van der Waals surface area contributed by atoms with Crippen LogP contribution in [0.5, 0.6) is 0 Å². The van der Waals surface area contributed by atoms with Crippen LogP contribution in [0.1, 0.15) is 15.4 Å². The Labute approximate surface area is 169 Å². The number of aromatic nitrogens is 1. The Balaban J connectivity index is 1.62. The summed E-state index contributed by atoms with van der Waals surface area (Å²) < 4.78 is 5.01. The summed E-state index contributed by atoms with van der Waals surface area (Å²) in [6.07, 6.45) is 0. The molecule has 0 fully saturated rings. The molecule has 1 N–H and O–H groups in total. The van der Waals surface area contributed by atoms with E-state index in [1.807, 2.05) is 24.4 Å². The van der Waals surface area contributed by atoms with Gasteiger partial charge in [0.2, 0.25) is 0 Å². The van der Waals surface area contributed by atoms with E-state index in [9.17, 15) is 9.59 Å². The fourth-order valence-corrected chi connectivity index (χ4v) is 3.52. The Morgan fingerprint density at radius 3 is 2.52 bits per heavy atom. The summed E-state index contributed by atoms with van der Waals surface area (Å²) in [6.45, 7) is 1.47. The summed E-state index contributed by atoms with van der Waals surface area (Å²) in [5, 5.41) is 5.93. The number of carbonyl (C=O) groups is 2. The van der Waals surface area contributed by atoms with E-state index >= 15 is 0 Å². The van der Waals surface area contributed by atoms with Gasteiger partial charge in [0.25, 0.3) is 5.91 Å². The molecule has 0 bridgehead atoms. The first-order chi connectivity index (χ1) is 12.9. The maximum Gasteiger partial charge on any atom is 0.341 e. The molecule has 5 nitrogen and oxygen atoms in total. The molecule has 0 radical (unpaired) electrons. The molecule has 0 saturated heterocycles. The number of rotatable bonds is 5. The largest absolute Gasteiger partial charge is 0.452 e. The minimum Gasteiger partial charge on any atom is -0.452 e. The topological polar surface area (TPSA) is 68.3 Å². The molecule has 0 unspecified atom stereocenters. The molecule has 0 aliphatic rings. The number of anilines is 1. The molecule has 27 heavy (non-hydrogen) atoms. The molecule has 138 valence electrons. The summed E-state index contributed by atoms with van der Waals surface area (Å²) in [6, 6.07) is 11.9. The summed E-state index contributed by atoms with van der Waals surface area (Å²) in [7, 11) is 0. The van der Waals surface area contributed by atoms with Crippen molar-refractivity contribution in [3.8, 4) is 11.3 Å². The second-order valence-corrected chi connectivity index (χ2v) is 7.43. The zero-order valence-electron chi connectivity index (χ0n) is 14.2. The standard InChI is InChI=1S/C19H14Cl2N2O3S/c1-11-22-16(10-27-11)12-4-2-5-13(8-12)23-17(24)9-26-19(25)18-14(20)6-3-7-15(18)21/h2-8,10H,9H2,1H3,(H,23,24). The molecule has 2 aromatic carbocycles. The number of hydrogen-bond acceptors (Lipinski definition) is 5. The van der Waals surface area contributed by atoms with Crippen LogP contribution < -0.4 is 5.32 Å². The van der Waals surface area contributed by atoms with E-state index in [4.69, 9.17) is 27.9 Å². The molecule has 3 rings (SSSR count). The molecule has 3 aromatic rings. The van der Waals surface area contributed by atoms with Crippen LogP contribution in [-0.2, 0) is 9.53 Å². The average Bonchev–Trinajstić information content (AvgIpc) is 3.06. The molecule has 1 heterocycles. The van der Waals surface area contributed by atoms with E-state index in [0.29, 0.717) is 5.69 Å². The summed E-state index contributed by atoms with van der Waals surface area (Å²) >= 11 is 13.5. The van der Waals surface area contributed by atoms with Crippen molar-refractivity contribution in [2.24, 2.45) is 0 Å². The van der Waals surface area contributed by atoms with Crippen molar-refractivity contribution < 1.29 is 14.3 Å². The van der Waals surface area contributed by atoms with Crippen LogP contribution in [0, 0.1) is 6.92 Å². The van der Waals surface area contributed by atoms with Gasteiger partial charge in [-0.1, -0.05) is 41.4 Å². The normalized spacial score (nSPS) is 10.5. The molecule has 0 saturated carbocycles. The molecule has 0 aliphatic carbocycles. The van der Waals surface area contributed by atoms with E-state index in [1.165, 1.54) is 12.1 Å². The van der Waals surface area contributed by atoms with Crippen molar-refractivity contribution >= 4 is 52.1 Å². The number of halogens is 2. The van der Waals surface area contributed by atoms with E-state index in [1.54, 1.807) is 29.5 Å². The van der Waals surface area contributed by atoms with Gasteiger partial charge in [0.05, 0.1) is 26.3 Å². The summed E-state index contributed by atoms with van der Waals surface area (Å²) in [5.74, 6) is -1.23. The highest BCUT2D eigenvalue weighted by atomic mass is 35.5. The molecule has 0 atom stereocenters. The highest BCUT2D eigenvalue weighted by molar-refractivity contribution is 7.09. The van der Waals surface area contributed by atoms with Gasteiger partial charge in [-0.25, -0.2) is 9.78 Å². The highest BCUT2D eigenvalue weighted by Gasteiger charge is 2.17. The monoisotopic (exact) mass is 420 g/mol. The zero-order chi connectivity index (χ0) is 19.4. The van der Waals surface area contributed by atoms with E-state index < -0.39 is 18.5 Å². The van der Waals surface area contributed by atoms with Gasteiger partial charge in [-0.3, -0.25) is 4.79 Å². The number of benzene rings is 2. The number of ether oxygens (including phenoxy) is 1. The van der Waals surface area contributed by atoms with E-state index in [0.717, 1.165) is 16.3 Å². The third-order valence-electron chi connectivity index (χ3n) is 3.56. The van der Waals surface area contributed by atoms with Gasteiger partial charge in [-0.05, 0) is 31.2 Å². The summed E-state index contributed by atoms with van der Waals surface area (Å²) in [5.41, 5.74) is 2.34. The lowest BCUT2D eigenvalue weighted by Crippen LogP contribution is -2.21. The first kappa shape index (κ1) is 19.4. The van der Waals surface area contributed by atoms with Crippen molar-refractivity contribution in [3.63, 3.8) is 0 Å². The van der Waals surface area contributed by atoms with E-state index in [-0.39, 0.29) is 15.6 Å². The van der Waals surface area contributed by atoms with Crippen LogP contribution in [0.25, 0.3) is 11.3 Å². The quantitative estimate of drug-likeness (QED) is 0.574. The number of nitrogens with zero attached hydrogens (tertiary/aromatic N) is 1. The predicted molar refractivity (Wildman–Crippen MR) is 108 cm³/mol. The number of nitrogens with one attached hydrogen (secondary N) is 1. The number of amides is 1. The lowest BCUT2D eigenvalue weighted by atomic mass is 10.1. The number of hydrogen-bond donors (Lipinski definition) is 1. The molecule has 0 spiro atoms. The van der Waals surface area contributed by atoms with Crippen molar-refractivity contribution in [3.05, 3.63) is 68.5 Å². The van der Waals surface area contributed by atoms with Crippen LogP contribution >= 0.6 is 34.5 Å². The molecule has 8 heteroatoms. The van der Waals surface area contributed by atoms with Gasteiger partial charge in [-0.2, -0.15) is 0 Å². The Kier molecular flexibility index (Phi) is 6.11. The highest BCUT2D eigenvalue weighted by Crippen LogP contribution is 2.25. The van der Waals surface area contributed by atoms with Crippen LogP contribution in [0.2, 0.25) is 10.0 Å². The van der Waals surface area contributed by atoms with Crippen molar-refractivity contribution in [1.82, 2.24) is 4.98 Å². The Bertz CT molecular complexity index is 984.